The van der Waals surface area contributed by atoms with Crippen molar-refractivity contribution in [2.24, 2.45) is 0 Å². The average Bonchev–Trinajstić information content (AvgIpc) is 3.68. The fourth-order valence-corrected chi connectivity index (χ4v) is 8.84. The van der Waals surface area contributed by atoms with Crippen LogP contribution in [-0.2, 0) is 37.5 Å². The number of rotatable bonds is 6. The molecular weight excluding hydrogens is 633 g/mol. The Morgan fingerprint density at radius 2 is 0.605 bits per heavy atom. The van der Waals surface area contributed by atoms with Gasteiger partial charge in [-0.05, 0) is 37.1 Å². The van der Waals surface area contributed by atoms with Crippen molar-refractivity contribution in [1.29, 1.82) is 0 Å². The molecule has 0 heterocycles. The van der Waals surface area contributed by atoms with Crippen LogP contribution in [0.3, 0.4) is 0 Å². The van der Waals surface area contributed by atoms with Gasteiger partial charge in [-0.1, -0.05) is 121 Å². The zero-order valence-corrected chi connectivity index (χ0v) is 25.2. The SMILES string of the molecule is [Fe+2].[Pd+2].c1ccc(P(c2ccccc2)c2ccc[cH-]2)cc1.c1ccc(P(c2ccccc2)c2ccc[cH-]2)cc1. The molecule has 0 aliphatic carbocycles. The quantitative estimate of drug-likeness (QED) is 0.112. The van der Waals surface area contributed by atoms with E-state index in [9.17, 15) is 0 Å². The van der Waals surface area contributed by atoms with Gasteiger partial charge < -0.3 is 0 Å². The van der Waals surface area contributed by atoms with Gasteiger partial charge in [0, 0.05) is 0 Å². The normalized spacial score (nSPS) is 10.2. The molecule has 4 heteroatoms. The van der Waals surface area contributed by atoms with Gasteiger partial charge in [0.1, 0.15) is 0 Å². The zero-order chi connectivity index (χ0) is 24.4. The van der Waals surface area contributed by atoms with Crippen LogP contribution in [0.1, 0.15) is 0 Å². The molecule has 38 heavy (non-hydrogen) atoms. The van der Waals surface area contributed by atoms with Gasteiger partial charge in [-0.2, -0.15) is 24.3 Å². The van der Waals surface area contributed by atoms with Crippen LogP contribution < -0.4 is 31.8 Å². The minimum absolute atomic E-state index is 0. The maximum absolute atomic E-state index is 2.23. The summed E-state index contributed by atoms with van der Waals surface area (Å²) in [5, 5.41) is 8.47. The van der Waals surface area contributed by atoms with Gasteiger partial charge >= 0.3 is 37.5 Å². The van der Waals surface area contributed by atoms with Crippen LogP contribution in [0.25, 0.3) is 0 Å². The average molecular weight is 661 g/mol. The molecule has 0 unspecified atom stereocenters. The van der Waals surface area contributed by atoms with Crippen LogP contribution >= 0.6 is 15.8 Å². The molecule has 0 saturated heterocycles. The predicted octanol–water partition coefficient (Wildman–Crippen LogP) is 6.32. The Morgan fingerprint density at radius 1 is 0.342 bits per heavy atom. The van der Waals surface area contributed by atoms with E-state index in [1.165, 1.54) is 31.8 Å². The third kappa shape index (κ3) is 7.82. The number of benzene rings is 4. The minimum Gasteiger partial charge on any atom is -0.213 e. The minimum atomic E-state index is -0.409. The van der Waals surface area contributed by atoms with E-state index in [-0.39, 0.29) is 37.5 Å². The molecule has 0 aliphatic rings. The molecule has 6 aromatic carbocycles. The smallest absolute Gasteiger partial charge is 0.213 e. The van der Waals surface area contributed by atoms with Crippen LogP contribution in [0.2, 0.25) is 0 Å². The van der Waals surface area contributed by atoms with Crippen molar-refractivity contribution in [3.63, 3.8) is 0 Å². The Labute approximate surface area is 253 Å². The molecular formula is C34H28FeP2Pd+2. The van der Waals surface area contributed by atoms with Gasteiger partial charge in [-0.25, -0.2) is 24.3 Å². The molecule has 6 rings (SSSR count). The summed E-state index contributed by atoms with van der Waals surface area (Å²) in [5.74, 6) is 0. The first-order valence-electron chi connectivity index (χ1n) is 12.1. The maximum Gasteiger partial charge on any atom is 2.00 e. The van der Waals surface area contributed by atoms with E-state index in [0.29, 0.717) is 0 Å². The molecule has 0 amide bonds. The molecule has 6 aromatic rings. The van der Waals surface area contributed by atoms with Crippen molar-refractivity contribution in [2.45, 2.75) is 0 Å². The van der Waals surface area contributed by atoms with Gasteiger partial charge in [0.2, 0.25) is 0 Å². The molecule has 0 saturated carbocycles. The van der Waals surface area contributed by atoms with Crippen LogP contribution in [0.5, 0.6) is 0 Å². The largest absolute Gasteiger partial charge is 2.00 e. The van der Waals surface area contributed by atoms with Gasteiger partial charge in [0.05, 0.1) is 0 Å². The van der Waals surface area contributed by atoms with E-state index in [2.05, 4.69) is 170 Å². The zero-order valence-electron chi connectivity index (χ0n) is 20.7. The third-order valence-electron chi connectivity index (χ3n) is 5.86. The van der Waals surface area contributed by atoms with Crippen LogP contribution in [-0.4, -0.2) is 0 Å². The Bertz CT molecular complexity index is 1210. The first-order chi connectivity index (χ1) is 17.9. The molecule has 0 fully saturated rings. The van der Waals surface area contributed by atoms with Crippen molar-refractivity contribution in [2.75, 3.05) is 0 Å². The second-order valence-corrected chi connectivity index (χ2v) is 12.7. The first-order valence-corrected chi connectivity index (χ1v) is 14.8. The molecule has 0 bridgehead atoms. The Balaban J connectivity index is 0.000000200. The Kier molecular flexibility index (Phi) is 12.6. The summed E-state index contributed by atoms with van der Waals surface area (Å²) in [6.07, 6.45) is 0. The van der Waals surface area contributed by atoms with Crippen molar-refractivity contribution in [3.05, 3.63) is 170 Å². The first kappa shape index (κ1) is 30.2. The molecule has 0 aliphatic heterocycles. The van der Waals surface area contributed by atoms with Gasteiger partial charge in [0.25, 0.3) is 0 Å². The van der Waals surface area contributed by atoms with E-state index < -0.39 is 15.8 Å². The molecule has 0 radical (unpaired) electrons. The summed E-state index contributed by atoms with van der Waals surface area (Å²) in [6, 6.07) is 60.5. The monoisotopic (exact) mass is 660 g/mol. The topological polar surface area (TPSA) is 0 Å². The Morgan fingerprint density at radius 3 is 0.816 bits per heavy atom. The molecule has 0 nitrogen and oxygen atoms in total. The van der Waals surface area contributed by atoms with Crippen molar-refractivity contribution in [3.8, 4) is 0 Å². The fraction of sp³-hybridized carbons (Fsp3) is 0. The molecule has 0 N–H and O–H groups in total. The number of hydrogen-bond acceptors (Lipinski definition) is 0. The summed E-state index contributed by atoms with van der Waals surface area (Å²) in [7, 11) is -0.818. The summed E-state index contributed by atoms with van der Waals surface area (Å²) in [4.78, 5) is 0. The van der Waals surface area contributed by atoms with Crippen molar-refractivity contribution < 1.29 is 37.5 Å². The van der Waals surface area contributed by atoms with Crippen molar-refractivity contribution >= 4 is 47.7 Å². The second kappa shape index (κ2) is 15.9. The van der Waals surface area contributed by atoms with E-state index in [4.69, 9.17) is 0 Å². The molecule has 0 atom stereocenters. The van der Waals surface area contributed by atoms with Crippen molar-refractivity contribution in [1.82, 2.24) is 0 Å². The second-order valence-electron chi connectivity index (χ2n) is 8.30. The molecule has 0 spiro atoms. The molecule has 0 aromatic heterocycles. The summed E-state index contributed by atoms with van der Waals surface area (Å²) >= 11 is 0. The summed E-state index contributed by atoms with van der Waals surface area (Å²) in [5.41, 5.74) is 0. The predicted molar refractivity (Wildman–Crippen MR) is 161 cm³/mol. The van der Waals surface area contributed by atoms with Crippen LogP contribution in [0.15, 0.2) is 170 Å². The fourth-order valence-electron chi connectivity index (χ4n) is 4.23. The summed E-state index contributed by atoms with van der Waals surface area (Å²) in [6.45, 7) is 0. The van der Waals surface area contributed by atoms with E-state index in [1.54, 1.807) is 0 Å². The standard InChI is InChI=1S/2C17H14P.Fe.Pd/c2*1-3-9-15(10-4-1)18(17-13-7-8-14-17)16-11-5-2-6-12-16;;/h2*1-14H;;/q2*-1;2*+2. The number of hydrogen-bond donors (Lipinski definition) is 0. The van der Waals surface area contributed by atoms with Gasteiger partial charge in [-0.3, -0.25) is 0 Å². The van der Waals surface area contributed by atoms with Crippen LogP contribution in [0.4, 0.5) is 0 Å². The Hall–Kier alpha value is -2.38. The van der Waals surface area contributed by atoms with Gasteiger partial charge in [-0.15, -0.1) is 10.6 Å². The maximum atomic E-state index is 2.23. The van der Waals surface area contributed by atoms with Gasteiger partial charge in [0.15, 0.2) is 0 Å². The van der Waals surface area contributed by atoms with E-state index in [1.807, 2.05) is 0 Å². The summed E-state index contributed by atoms with van der Waals surface area (Å²) < 4.78 is 0. The van der Waals surface area contributed by atoms with Crippen LogP contribution in [0, 0.1) is 0 Å². The third-order valence-corrected chi connectivity index (χ3v) is 10.8. The van der Waals surface area contributed by atoms with E-state index in [0.717, 1.165) is 0 Å². The molecule has 190 valence electrons. The van der Waals surface area contributed by atoms with E-state index >= 15 is 0 Å².